The predicted molar refractivity (Wildman–Crippen MR) is 101 cm³/mol. The number of carbonyl (C=O) groups excluding carboxylic acids is 1. The van der Waals surface area contributed by atoms with Gasteiger partial charge in [-0.1, -0.05) is 59.6 Å². The van der Waals surface area contributed by atoms with E-state index in [-0.39, 0.29) is 11.8 Å². The average Bonchev–Trinajstić information content (AvgIpc) is 2.65. The van der Waals surface area contributed by atoms with E-state index in [0.29, 0.717) is 29.6 Å². The van der Waals surface area contributed by atoms with Crippen LogP contribution in [0.3, 0.4) is 0 Å². The highest BCUT2D eigenvalue weighted by Crippen LogP contribution is 2.31. The normalized spacial score (nSPS) is 16.7. The van der Waals surface area contributed by atoms with Crippen molar-refractivity contribution in [3.63, 3.8) is 0 Å². The van der Waals surface area contributed by atoms with Crippen LogP contribution in [0.25, 0.3) is 0 Å². The zero-order valence-electron chi connectivity index (χ0n) is 13.9. The van der Waals surface area contributed by atoms with Gasteiger partial charge in [-0.3, -0.25) is 4.79 Å². The SMILES string of the molecule is O=C(Cc1ccc(Cl)c(Cl)c1)N1CCC(C(O)c2ccccc2)CC1. The van der Waals surface area contributed by atoms with Gasteiger partial charge in [0, 0.05) is 13.1 Å². The molecule has 1 unspecified atom stereocenters. The van der Waals surface area contributed by atoms with Crippen LogP contribution in [0.2, 0.25) is 10.0 Å². The van der Waals surface area contributed by atoms with E-state index in [1.807, 2.05) is 41.3 Å². The van der Waals surface area contributed by atoms with Crippen molar-refractivity contribution in [1.82, 2.24) is 4.90 Å². The molecule has 2 aromatic rings. The van der Waals surface area contributed by atoms with Crippen LogP contribution in [-0.4, -0.2) is 29.0 Å². The Balaban J connectivity index is 1.54. The Morgan fingerprint density at radius 2 is 1.76 bits per heavy atom. The standard InChI is InChI=1S/C20H21Cl2NO2/c21-17-7-6-14(12-18(17)22)13-19(24)23-10-8-16(9-11-23)20(25)15-4-2-1-3-5-15/h1-7,12,16,20,25H,8-11,13H2. The van der Waals surface area contributed by atoms with Crippen LogP contribution in [0.5, 0.6) is 0 Å². The Bertz CT molecular complexity index is 728. The minimum atomic E-state index is -0.464. The summed E-state index contributed by atoms with van der Waals surface area (Å²) in [4.78, 5) is 14.4. The number of likely N-dealkylation sites (tertiary alicyclic amines) is 1. The highest BCUT2D eigenvalue weighted by atomic mass is 35.5. The van der Waals surface area contributed by atoms with Crippen LogP contribution >= 0.6 is 23.2 Å². The highest BCUT2D eigenvalue weighted by Gasteiger charge is 2.28. The first kappa shape index (κ1) is 18.2. The number of amides is 1. The summed E-state index contributed by atoms with van der Waals surface area (Å²) >= 11 is 11.9. The van der Waals surface area contributed by atoms with Crippen molar-refractivity contribution in [2.45, 2.75) is 25.4 Å². The van der Waals surface area contributed by atoms with E-state index in [1.54, 1.807) is 12.1 Å². The first-order chi connectivity index (χ1) is 12.0. The Morgan fingerprint density at radius 1 is 1.08 bits per heavy atom. The van der Waals surface area contributed by atoms with Crippen LogP contribution in [0.4, 0.5) is 0 Å². The molecule has 25 heavy (non-hydrogen) atoms. The summed E-state index contributed by atoms with van der Waals surface area (Å²) in [5.74, 6) is 0.280. The monoisotopic (exact) mass is 377 g/mol. The largest absolute Gasteiger partial charge is 0.388 e. The van der Waals surface area contributed by atoms with Crippen molar-refractivity contribution in [3.05, 3.63) is 69.7 Å². The molecule has 132 valence electrons. The number of carbonyl (C=O) groups is 1. The molecule has 0 aliphatic carbocycles. The molecule has 1 aliphatic heterocycles. The van der Waals surface area contributed by atoms with E-state index >= 15 is 0 Å². The van der Waals surface area contributed by atoms with Gasteiger partial charge in [0.05, 0.1) is 22.6 Å². The molecule has 0 bridgehead atoms. The lowest BCUT2D eigenvalue weighted by Gasteiger charge is -2.34. The third kappa shape index (κ3) is 4.55. The smallest absolute Gasteiger partial charge is 0.226 e. The van der Waals surface area contributed by atoms with Gasteiger partial charge in [-0.05, 0) is 42.0 Å². The molecule has 0 radical (unpaired) electrons. The average molecular weight is 378 g/mol. The van der Waals surface area contributed by atoms with E-state index < -0.39 is 6.10 Å². The van der Waals surface area contributed by atoms with Gasteiger partial charge < -0.3 is 10.0 Å². The maximum Gasteiger partial charge on any atom is 0.226 e. The molecule has 0 aromatic heterocycles. The second-order valence-electron chi connectivity index (χ2n) is 6.50. The maximum absolute atomic E-state index is 12.5. The summed E-state index contributed by atoms with van der Waals surface area (Å²) < 4.78 is 0. The number of aliphatic hydroxyl groups excluding tert-OH is 1. The number of rotatable bonds is 4. The van der Waals surface area contributed by atoms with Crippen LogP contribution in [0.15, 0.2) is 48.5 Å². The second-order valence-corrected chi connectivity index (χ2v) is 7.31. The van der Waals surface area contributed by atoms with Crippen molar-refractivity contribution in [2.24, 2.45) is 5.92 Å². The molecule has 1 N–H and O–H groups in total. The van der Waals surface area contributed by atoms with E-state index in [9.17, 15) is 9.90 Å². The summed E-state index contributed by atoms with van der Waals surface area (Å²) in [6.07, 6.45) is 1.48. The number of benzene rings is 2. The fourth-order valence-electron chi connectivity index (χ4n) is 3.32. The Kier molecular flexibility index (Phi) is 6.00. The van der Waals surface area contributed by atoms with E-state index in [0.717, 1.165) is 24.0 Å². The van der Waals surface area contributed by atoms with Crippen LogP contribution < -0.4 is 0 Å². The van der Waals surface area contributed by atoms with E-state index in [4.69, 9.17) is 23.2 Å². The van der Waals surface area contributed by atoms with Crippen molar-refractivity contribution >= 4 is 29.1 Å². The summed E-state index contributed by atoms with van der Waals surface area (Å²) in [7, 11) is 0. The molecule has 5 heteroatoms. The molecule has 1 heterocycles. The van der Waals surface area contributed by atoms with Gasteiger partial charge in [-0.25, -0.2) is 0 Å². The highest BCUT2D eigenvalue weighted by molar-refractivity contribution is 6.42. The zero-order valence-corrected chi connectivity index (χ0v) is 15.4. The molecule has 1 amide bonds. The quantitative estimate of drug-likeness (QED) is 0.851. The minimum absolute atomic E-state index is 0.0889. The van der Waals surface area contributed by atoms with Gasteiger partial charge in [0.25, 0.3) is 0 Å². The lowest BCUT2D eigenvalue weighted by atomic mass is 9.87. The van der Waals surface area contributed by atoms with E-state index in [1.165, 1.54) is 0 Å². The molecule has 2 aromatic carbocycles. The number of aliphatic hydroxyl groups is 1. The van der Waals surface area contributed by atoms with Crippen LogP contribution in [0, 0.1) is 5.92 Å². The topological polar surface area (TPSA) is 40.5 Å². The molecule has 1 aliphatic rings. The molecular weight excluding hydrogens is 357 g/mol. The van der Waals surface area contributed by atoms with Gasteiger partial charge in [0.1, 0.15) is 0 Å². The molecule has 1 fully saturated rings. The molecule has 0 spiro atoms. The Hall–Kier alpha value is -1.55. The Morgan fingerprint density at radius 3 is 2.40 bits per heavy atom. The molecule has 1 saturated heterocycles. The summed E-state index contributed by atoms with van der Waals surface area (Å²) in [5.41, 5.74) is 1.81. The zero-order chi connectivity index (χ0) is 17.8. The van der Waals surface area contributed by atoms with Crippen molar-refractivity contribution in [3.8, 4) is 0 Å². The third-order valence-corrected chi connectivity index (χ3v) is 5.56. The molecular formula is C20H21Cl2NO2. The van der Waals surface area contributed by atoms with Gasteiger partial charge in [0.2, 0.25) is 5.91 Å². The van der Waals surface area contributed by atoms with Gasteiger partial charge in [-0.2, -0.15) is 0 Å². The van der Waals surface area contributed by atoms with Crippen LogP contribution in [-0.2, 0) is 11.2 Å². The molecule has 3 rings (SSSR count). The summed E-state index contributed by atoms with van der Waals surface area (Å²) in [6, 6.07) is 15.0. The number of nitrogens with zero attached hydrogens (tertiary/aromatic N) is 1. The number of hydrogen-bond donors (Lipinski definition) is 1. The lowest BCUT2D eigenvalue weighted by molar-refractivity contribution is -0.132. The first-order valence-electron chi connectivity index (χ1n) is 8.49. The van der Waals surface area contributed by atoms with Gasteiger partial charge in [-0.15, -0.1) is 0 Å². The van der Waals surface area contributed by atoms with Crippen molar-refractivity contribution in [1.29, 1.82) is 0 Å². The van der Waals surface area contributed by atoms with E-state index in [2.05, 4.69) is 0 Å². The summed E-state index contributed by atoms with van der Waals surface area (Å²) in [5, 5.41) is 11.5. The predicted octanol–water partition coefficient (Wildman–Crippen LogP) is 4.51. The van der Waals surface area contributed by atoms with Crippen molar-refractivity contribution < 1.29 is 9.90 Å². The van der Waals surface area contributed by atoms with Gasteiger partial charge in [0.15, 0.2) is 0 Å². The van der Waals surface area contributed by atoms with Crippen molar-refractivity contribution in [2.75, 3.05) is 13.1 Å². The lowest BCUT2D eigenvalue weighted by Crippen LogP contribution is -2.40. The second kappa shape index (κ2) is 8.22. The third-order valence-electron chi connectivity index (χ3n) is 4.82. The number of halogens is 2. The first-order valence-corrected chi connectivity index (χ1v) is 9.25. The molecule has 0 saturated carbocycles. The fraction of sp³-hybridized carbons (Fsp3) is 0.350. The van der Waals surface area contributed by atoms with Crippen LogP contribution in [0.1, 0.15) is 30.1 Å². The number of piperidine rings is 1. The molecule has 1 atom stereocenters. The molecule has 3 nitrogen and oxygen atoms in total. The fourth-order valence-corrected chi connectivity index (χ4v) is 3.64. The summed E-state index contributed by atoms with van der Waals surface area (Å²) in [6.45, 7) is 1.35. The minimum Gasteiger partial charge on any atom is -0.388 e. The van der Waals surface area contributed by atoms with Gasteiger partial charge >= 0.3 is 0 Å². The maximum atomic E-state index is 12.5. The Labute approximate surface area is 158 Å². The number of hydrogen-bond acceptors (Lipinski definition) is 2.